The van der Waals surface area contributed by atoms with Crippen molar-refractivity contribution in [1.82, 2.24) is 25.3 Å². The maximum atomic E-state index is 12.1. The minimum Gasteiger partial charge on any atom is -0.342 e. The van der Waals surface area contributed by atoms with E-state index in [1.165, 1.54) is 4.90 Å². The number of aryl methyl sites for hydroxylation is 1. The van der Waals surface area contributed by atoms with Gasteiger partial charge >= 0.3 is 6.03 Å². The summed E-state index contributed by atoms with van der Waals surface area (Å²) in [7, 11) is 1.73. The summed E-state index contributed by atoms with van der Waals surface area (Å²) in [5.41, 5.74) is 0. The first kappa shape index (κ1) is 14.3. The van der Waals surface area contributed by atoms with Gasteiger partial charge in [0.2, 0.25) is 11.8 Å². The molecule has 110 valence electrons. The van der Waals surface area contributed by atoms with Gasteiger partial charge in [-0.05, 0) is 6.92 Å². The molecule has 0 radical (unpaired) electrons. The van der Waals surface area contributed by atoms with Gasteiger partial charge in [-0.25, -0.2) is 4.79 Å². The van der Waals surface area contributed by atoms with Crippen molar-refractivity contribution in [2.75, 3.05) is 20.1 Å². The van der Waals surface area contributed by atoms with Crippen molar-refractivity contribution >= 4 is 11.9 Å². The minimum absolute atomic E-state index is 0.0579. The average Bonchev–Trinajstić information content (AvgIpc) is 2.90. The van der Waals surface area contributed by atoms with E-state index in [-0.39, 0.29) is 18.5 Å². The Bertz CT molecular complexity index is 501. The van der Waals surface area contributed by atoms with Crippen LogP contribution in [0, 0.1) is 0 Å². The van der Waals surface area contributed by atoms with Gasteiger partial charge in [-0.1, -0.05) is 12.1 Å². The van der Waals surface area contributed by atoms with Crippen LogP contribution in [0.3, 0.4) is 0 Å². The Labute approximate surface area is 117 Å². The summed E-state index contributed by atoms with van der Waals surface area (Å²) in [6.45, 7) is 4.86. The Kier molecular flexibility index (Phi) is 4.21. The number of hydrogen-bond donors (Lipinski definition) is 1. The summed E-state index contributed by atoms with van der Waals surface area (Å²) in [4.78, 5) is 31.1. The van der Waals surface area contributed by atoms with Crippen molar-refractivity contribution in [3.8, 4) is 0 Å². The number of rotatable bonds is 3. The quantitative estimate of drug-likeness (QED) is 0.842. The molecule has 1 aliphatic rings. The Morgan fingerprint density at radius 2 is 2.25 bits per heavy atom. The molecule has 20 heavy (non-hydrogen) atoms. The SMILES string of the molecule is CCc1noc(CNC(=O)N2CCN(C)C(=O)C2C)n1. The molecule has 1 saturated heterocycles. The first-order valence-electron chi connectivity index (χ1n) is 6.63. The predicted molar refractivity (Wildman–Crippen MR) is 69.7 cm³/mol. The van der Waals surface area contributed by atoms with Crippen LogP contribution in [-0.2, 0) is 17.8 Å². The Balaban J connectivity index is 1.90. The highest BCUT2D eigenvalue weighted by Crippen LogP contribution is 2.09. The van der Waals surface area contributed by atoms with Gasteiger partial charge in [0, 0.05) is 26.6 Å². The molecule has 0 aromatic carbocycles. The second kappa shape index (κ2) is 5.89. The summed E-state index contributed by atoms with van der Waals surface area (Å²) in [6, 6.07) is -0.752. The molecule has 1 N–H and O–H groups in total. The molecule has 3 amide bonds. The molecule has 8 nitrogen and oxygen atoms in total. The highest BCUT2D eigenvalue weighted by molar-refractivity contribution is 5.87. The number of aromatic nitrogens is 2. The van der Waals surface area contributed by atoms with E-state index in [1.807, 2.05) is 6.92 Å². The fourth-order valence-electron chi connectivity index (χ4n) is 2.05. The minimum atomic E-state index is -0.456. The van der Waals surface area contributed by atoms with Crippen molar-refractivity contribution in [2.45, 2.75) is 32.9 Å². The van der Waals surface area contributed by atoms with E-state index < -0.39 is 6.04 Å². The van der Waals surface area contributed by atoms with E-state index in [4.69, 9.17) is 4.52 Å². The summed E-state index contributed by atoms with van der Waals surface area (Å²) < 4.78 is 4.99. The number of carbonyl (C=O) groups is 2. The molecule has 1 aliphatic heterocycles. The highest BCUT2D eigenvalue weighted by Gasteiger charge is 2.32. The van der Waals surface area contributed by atoms with Crippen LogP contribution in [0.1, 0.15) is 25.6 Å². The second-order valence-electron chi connectivity index (χ2n) is 4.75. The summed E-state index contributed by atoms with van der Waals surface area (Å²) >= 11 is 0. The number of hydrogen-bond acceptors (Lipinski definition) is 5. The van der Waals surface area contributed by atoms with Crippen molar-refractivity contribution < 1.29 is 14.1 Å². The first-order valence-corrected chi connectivity index (χ1v) is 6.63. The van der Waals surface area contributed by atoms with E-state index >= 15 is 0 Å². The zero-order valence-corrected chi connectivity index (χ0v) is 11.9. The lowest BCUT2D eigenvalue weighted by atomic mass is 10.2. The first-order chi connectivity index (χ1) is 9.52. The molecule has 2 rings (SSSR count). The van der Waals surface area contributed by atoms with Gasteiger partial charge in [-0.15, -0.1) is 0 Å². The number of nitrogens with one attached hydrogen (secondary N) is 1. The number of amides is 3. The number of carbonyl (C=O) groups excluding carboxylic acids is 2. The van der Waals surface area contributed by atoms with E-state index in [0.717, 1.165) is 0 Å². The maximum absolute atomic E-state index is 12.1. The Hall–Kier alpha value is -2.12. The fourth-order valence-corrected chi connectivity index (χ4v) is 2.05. The van der Waals surface area contributed by atoms with Gasteiger partial charge in [0.15, 0.2) is 5.82 Å². The molecule has 0 spiro atoms. The van der Waals surface area contributed by atoms with Crippen LogP contribution in [0.5, 0.6) is 0 Å². The standard InChI is InChI=1S/C12H19N5O3/c1-4-9-14-10(20-15-9)7-13-12(19)17-6-5-16(3)11(18)8(17)2/h8H,4-7H2,1-3H3,(H,13,19). The third-order valence-corrected chi connectivity index (χ3v) is 3.36. The van der Waals surface area contributed by atoms with E-state index in [1.54, 1.807) is 18.9 Å². The molecule has 1 fully saturated rings. The number of likely N-dealkylation sites (N-methyl/N-ethyl adjacent to an activating group) is 1. The van der Waals surface area contributed by atoms with E-state index in [9.17, 15) is 9.59 Å². The Morgan fingerprint density at radius 3 is 2.90 bits per heavy atom. The third-order valence-electron chi connectivity index (χ3n) is 3.36. The molecule has 8 heteroatoms. The average molecular weight is 281 g/mol. The molecule has 1 aromatic rings. The van der Waals surface area contributed by atoms with Crippen LogP contribution in [0.4, 0.5) is 4.79 Å². The van der Waals surface area contributed by atoms with Gasteiger partial charge in [-0.2, -0.15) is 4.98 Å². The lowest BCUT2D eigenvalue weighted by Crippen LogP contribution is -2.58. The molecule has 0 saturated carbocycles. The zero-order valence-electron chi connectivity index (χ0n) is 11.9. The van der Waals surface area contributed by atoms with Gasteiger partial charge in [0.25, 0.3) is 0 Å². The molecule has 1 aromatic heterocycles. The van der Waals surface area contributed by atoms with Gasteiger partial charge in [-0.3, -0.25) is 4.79 Å². The smallest absolute Gasteiger partial charge is 0.318 e. The second-order valence-corrected chi connectivity index (χ2v) is 4.75. The summed E-state index contributed by atoms with van der Waals surface area (Å²) in [5, 5.41) is 6.44. The van der Waals surface area contributed by atoms with Crippen molar-refractivity contribution in [3.05, 3.63) is 11.7 Å². The molecule has 1 unspecified atom stereocenters. The van der Waals surface area contributed by atoms with Crippen molar-refractivity contribution in [2.24, 2.45) is 0 Å². The predicted octanol–water partition coefficient (Wildman–Crippen LogP) is 0.00410. The molecule has 2 heterocycles. The van der Waals surface area contributed by atoms with E-state index in [0.29, 0.717) is 31.2 Å². The molecule has 1 atom stereocenters. The van der Waals surface area contributed by atoms with Gasteiger partial charge in [0.1, 0.15) is 6.04 Å². The number of piperazine rings is 1. The van der Waals surface area contributed by atoms with Crippen molar-refractivity contribution in [3.63, 3.8) is 0 Å². The van der Waals surface area contributed by atoms with Crippen LogP contribution < -0.4 is 5.32 Å². The zero-order chi connectivity index (χ0) is 14.7. The number of urea groups is 1. The van der Waals surface area contributed by atoms with E-state index in [2.05, 4.69) is 15.5 Å². The normalized spacial score (nSPS) is 19.4. The van der Waals surface area contributed by atoms with Gasteiger partial charge in [0.05, 0.1) is 6.54 Å². The van der Waals surface area contributed by atoms with Crippen LogP contribution in [0.25, 0.3) is 0 Å². The van der Waals surface area contributed by atoms with Crippen LogP contribution >= 0.6 is 0 Å². The largest absolute Gasteiger partial charge is 0.342 e. The molecule has 0 aliphatic carbocycles. The number of nitrogens with zero attached hydrogens (tertiary/aromatic N) is 4. The fraction of sp³-hybridized carbons (Fsp3) is 0.667. The lowest BCUT2D eigenvalue weighted by Gasteiger charge is -2.37. The molecular weight excluding hydrogens is 262 g/mol. The highest BCUT2D eigenvalue weighted by atomic mass is 16.5. The van der Waals surface area contributed by atoms with Crippen molar-refractivity contribution in [1.29, 1.82) is 0 Å². The summed E-state index contributed by atoms with van der Waals surface area (Å²) in [5.74, 6) is 0.915. The lowest BCUT2D eigenvalue weighted by molar-refractivity contribution is -0.137. The van der Waals surface area contributed by atoms with Gasteiger partial charge < -0.3 is 19.6 Å². The summed E-state index contributed by atoms with van der Waals surface area (Å²) in [6.07, 6.45) is 0.682. The molecule has 0 bridgehead atoms. The Morgan fingerprint density at radius 1 is 1.50 bits per heavy atom. The molecular formula is C12H19N5O3. The third kappa shape index (κ3) is 2.89. The topological polar surface area (TPSA) is 91.6 Å². The van der Waals surface area contributed by atoms with Crippen LogP contribution in [0.15, 0.2) is 4.52 Å². The van der Waals surface area contributed by atoms with Crippen LogP contribution in [0.2, 0.25) is 0 Å². The van der Waals surface area contributed by atoms with Crippen LogP contribution in [-0.4, -0.2) is 58.1 Å². The maximum Gasteiger partial charge on any atom is 0.318 e. The monoisotopic (exact) mass is 281 g/mol.